The summed E-state index contributed by atoms with van der Waals surface area (Å²) < 4.78 is 11.6. The summed E-state index contributed by atoms with van der Waals surface area (Å²) in [6, 6.07) is 3.99. The first-order valence-electron chi connectivity index (χ1n) is 7.86. The zero-order chi connectivity index (χ0) is 15.2. The third-order valence-electron chi connectivity index (χ3n) is 3.99. The number of benzene rings is 1. The predicted molar refractivity (Wildman–Crippen MR) is 90.8 cm³/mol. The number of rotatable bonds is 6. The Labute approximate surface area is 138 Å². The number of unbranched alkanes of at least 4 members (excludes halogenated alkanes) is 2. The minimum Gasteiger partial charge on any atom is -0.407 e. The van der Waals surface area contributed by atoms with Crippen LogP contribution >= 0.6 is 23.2 Å². The van der Waals surface area contributed by atoms with Crippen LogP contribution in [0.4, 0.5) is 0 Å². The Morgan fingerprint density at radius 2 is 1.71 bits per heavy atom. The molecule has 21 heavy (non-hydrogen) atoms. The molecule has 2 rings (SSSR count). The van der Waals surface area contributed by atoms with Gasteiger partial charge < -0.3 is 9.31 Å². The van der Waals surface area contributed by atoms with E-state index in [1.165, 1.54) is 18.4 Å². The lowest BCUT2D eigenvalue weighted by atomic mass is 9.76. The Bertz CT molecular complexity index is 437. The van der Waals surface area contributed by atoms with Crippen molar-refractivity contribution in [2.45, 2.75) is 46.0 Å². The van der Waals surface area contributed by atoms with E-state index in [-0.39, 0.29) is 0 Å². The molecule has 2 nitrogen and oxygen atoms in total. The third-order valence-corrected chi connectivity index (χ3v) is 4.61. The molecule has 0 amide bonds. The van der Waals surface area contributed by atoms with Crippen LogP contribution in [-0.2, 0) is 15.7 Å². The SMILES string of the molecule is CCCCCc1cc(Cl)c(B2OCC(CC)CO2)c(Cl)c1. The van der Waals surface area contributed by atoms with E-state index in [0.29, 0.717) is 29.2 Å². The van der Waals surface area contributed by atoms with Gasteiger partial charge in [-0.05, 0) is 37.0 Å². The molecule has 1 saturated heterocycles. The van der Waals surface area contributed by atoms with E-state index in [9.17, 15) is 0 Å². The van der Waals surface area contributed by atoms with E-state index in [1.54, 1.807) is 0 Å². The summed E-state index contributed by atoms with van der Waals surface area (Å²) >= 11 is 12.8. The van der Waals surface area contributed by atoms with E-state index in [1.807, 2.05) is 12.1 Å². The van der Waals surface area contributed by atoms with Crippen LogP contribution in [0.1, 0.15) is 45.1 Å². The van der Waals surface area contributed by atoms with Gasteiger partial charge in [-0.25, -0.2) is 0 Å². The summed E-state index contributed by atoms with van der Waals surface area (Å²) in [5.74, 6) is 0.465. The minimum atomic E-state index is -0.433. The largest absolute Gasteiger partial charge is 0.496 e. The van der Waals surface area contributed by atoms with Crippen LogP contribution in [0.15, 0.2) is 12.1 Å². The Kier molecular flexibility index (Phi) is 6.88. The van der Waals surface area contributed by atoms with Crippen molar-refractivity contribution in [3.05, 3.63) is 27.7 Å². The van der Waals surface area contributed by atoms with Gasteiger partial charge >= 0.3 is 7.12 Å². The predicted octanol–water partition coefficient (Wildman–Crippen LogP) is 4.49. The van der Waals surface area contributed by atoms with Gasteiger partial charge in [0.05, 0.1) is 0 Å². The summed E-state index contributed by atoms with van der Waals surface area (Å²) in [7, 11) is -0.433. The van der Waals surface area contributed by atoms with Gasteiger partial charge in [0.1, 0.15) is 0 Å². The van der Waals surface area contributed by atoms with Crippen molar-refractivity contribution in [3.63, 3.8) is 0 Å². The molecule has 1 fully saturated rings. The maximum Gasteiger partial charge on any atom is 0.496 e. The van der Waals surface area contributed by atoms with Gasteiger partial charge in [-0.2, -0.15) is 0 Å². The number of aryl methyl sites for hydroxylation is 1. The lowest BCUT2D eigenvalue weighted by Crippen LogP contribution is -2.45. The van der Waals surface area contributed by atoms with Crippen LogP contribution in [0, 0.1) is 5.92 Å². The van der Waals surface area contributed by atoms with E-state index in [0.717, 1.165) is 24.7 Å². The number of halogens is 2. The summed E-state index contributed by atoms with van der Waals surface area (Å²) in [4.78, 5) is 0. The molecule has 1 aromatic rings. The molecule has 0 radical (unpaired) electrons. The number of hydrogen-bond acceptors (Lipinski definition) is 2. The highest BCUT2D eigenvalue weighted by atomic mass is 35.5. The second kappa shape index (κ2) is 8.43. The molecular weight excluding hydrogens is 306 g/mol. The van der Waals surface area contributed by atoms with Gasteiger partial charge in [0.25, 0.3) is 0 Å². The molecule has 0 aliphatic carbocycles. The molecule has 1 aliphatic heterocycles. The zero-order valence-electron chi connectivity index (χ0n) is 12.8. The summed E-state index contributed by atoms with van der Waals surface area (Å²) in [6.07, 6.45) is 5.67. The topological polar surface area (TPSA) is 18.5 Å². The van der Waals surface area contributed by atoms with Crippen LogP contribution in [0.3, 0.4) is 0 Å². The van der Waals surface area contributed by atoms with E-state index >= 15 is 0 Å². The standard InChI is InChI=1S/C16H23BCl2O2/c1-3-5-6-7-13-8-14(18)16(15(19)9-13)17-20-10-12(4-2)11-21-17/h8-9,12H,3-7,10-11H2,1-2H3. The Balaban J connectivity index is 2.06. The van der Waals surface area contributed by atoms with E-state index in [4.69, 9.17) is 32.5 Å². The smallest absolute Gasteiger partial charge is 0.407 e. The molecule has 1 heterocycles. The first-order valence-corrected chi connectivity index (χ1v) is 8.62. The second-order valence-electron chi connectivity index (χ2n) is 5.70. The summed E-state index contributed by atoms with van der Waals surface area (Å²) in [5.41, 5.74) is 1.96. The number of hydrogen-bond donors (Lipinski definition) is 0. The third kappa shape index (κ3) is 4.62. The molecule has 0 saturated carbocycles. The Morgan fingerprint density at radius 3 is 2.24 bits per heavy atom. The fourth-order valence-corrected chi connectivity index (χ4v) is 3.24. The average Bonchev–Trinajstić information content (AvgIpc) is 2.47. The van der Waals surface area contributed by atoms with Crippen LogP contribution in [0.2, 0.25) is 10.0 Å². The highest BCUT2D eigenvalue weighted by Gasteiger charge is 2.32. The fraction of sp³-hybridized carbons (Fsp3) is 0.625. The van der Waals surface area contributed by atoms with Crippen molar-refractivity contribution >= 4 is 35.8 Å². The van der Waals surface area contributed by atoms with Crippen LogP contribution < -0.4 is 5.46 Å². The van der Waals surface area contributed by atoms with Crippen molar-refractivity contribution in [3.8, 4) is 0 Å². The molecular formula is C16H23BCl2O2. The highest BCUT2D eigenvalue weighted by molar-refractivity contribution is 6.68. The molecule has 1 aliphatic rings. The fourth-order valence-electron chi connectivity index (χ4n) is 2.53. The van der Waals surface area contributed by atoms with Crippen molar-refractivity contribution in [2.75, 3.05) is 13.2 Å². The van der Waals surface area contributed by atoms with Crippen molar-refractivity contribution < 1.29 is 9.31 Å². The summed E-state index contributed by atoms with van der Waals surface area (Å²) in [6.45, 7) is 5.74. The molecule has 0 spiro atoms. The van der Waals surface area contributed by atoms with Gasteiger partial charge in [-0.1, -0.05) is 49.9 Å². The molecule has 0 bridgehead atoms. The molecule has 0 aromatic heterocycles. The maximum atomic E-state index is 6.41. The highest BCUT2D eigenvalue weighted by Crippen LogP contribution is 2.22. The quantitative estimate of drug-likeness (QED) is 0.565. The molecule has 0 unspecified atom stereocenters. The molecule has 0 N–H and O–H groups in total. The molecule has 5 heteroatoms. The van der Waals surface area contributed by atoms with Crippen molar-refractivity contribution in [2.24, 2.45) is 5.92 Å². The average molecular weight is 329 g/mol. The van der Waals surface area contributed by atoms with Gasteiger partial charge in [0.2, 0.25) is 0 Å². The van der Waals surface area contributed by atoms with E-state index in [2.05, 4.69) is 13.8 Å². The zero-order valence-corrected chi connectivity index (χ0v) is 14.3. The lowest BCUT2D eigenvalue weighted by Gasteiger charge is -2.27. The van der Waals surface area contributed by atoms with Crippen molar-refractivity contribution in [1.82, 2.24) is 0 Å². The molecule has 116 valence electrons. The van der Waals surface area contributed by atoms with Gasteiger partial charge in [-0.15, -0.1) is 0 Å². The first kappa shape index (κ1) is 17.1. The monoisotopic (exact) mass is 328 g/mol. The Morgan fingerprint density at radius 1 is 1.10 bits per heavy atom. The first-order chi connectivity index (χ1) is 10.2. The van der Waals surface area contributed by atoms with Gasteiger partial charge in [-0.3, -0.25) is 0 Å². The van der Waals surface area contributed by atoms with Gasteiger partial charge in [0.15, 0.2) is 0 Å². The summed E-state index contributed by atoms with van der Waals surface area (Å²) in [5, 5.41) is 1.29. The van der Waals surface area contributed by atoms with Crippen LogP contribution in [-0.4, -0.2) is 20.3 Å². The Hall–Kier alpha value is -0.215. The lowest BCUT2D eigenvalue weighted by molar-refractivity contribution is 0.0850. The van der Waals surface area contributed by atoms with E-state index < -0.39 is 7.12 Å². The normalized spacial score (nSPS) is 16.5. The van der Waals surface area contributed by atoms with Crippen LogP contribution in [0.5, 0.6) is 0 Å². The van der Waals surface area contributed by atoms with Crippen LogP contribution in [0.25, 0.3) is 0 Å². The van der Waals surface area contributed by atoms with Gasteiger partial charge in [0, 0.05) is 34.6 Å². The molecule has 0 atom stereocenters. The minimum absolute atomic E-state index is 0.433. The molecule has 1 aromatic carbocycles. The van der Waals surface area contributed by atoms with Crippen molar-refractivity contribution in [1.29, 1.82) is 0 Å². The maximum absolute atomic E-state index is 6.41. The second-order valence-corrected chi connectivity index (χ2v) is 6.52.